The van der Waals surface area contributed by atoms with Crippen LogP contribution in [-0.2, 0) is 0 Å². The summed E-state index contributed by atoms with van der Waals surface area (Å²) in [5, 5.41) is 27.0. The molecule has 0 amide bonds. The normalized spacial score (nSPS) is 22.1. The second-order valence-electron chi connectivity index (χ2n) is 7.86. The second-order valence-corrected chi connectivity index (χ2v) is 7.86. The van der Waals surface area contributed by atoms with Crippen molar-refractivity contribution in [1.29, 1.82) is 0 Å². The topological polar surface area (TPSA) is 79.4 Å². The Labute approximate surface area is 142 Å². The molecule has 5 nitrogen and oxygen atoms in total. The van der Waals surface area contributed by atoms with Crippen LogP contribution in [0.25, 0.3) is 11.5 Å². The van der Waals surface area contributed by atoms with Crippen LogP contribution in [0.5, 0.6) is 0 Å². The molecule has 1 aliphatic carbocycles. The zero-order valence-electron chi connectivity index (χ0n) is 14.6. The Morgan fingerprint density at radius 2 is 1.79 bits per heavy atom. The van der Waals surface area contributed by atoms with Crippen molar-refractivity contribution >= 4 is 0 Å². The van der Waals surface area contributed by atoms with Crippen molar-refractivity contribution in [2.45, 2.75) is 58.7 Å². The van der Waals surface area contributed by atoms with Gasteiger partial charge in [-0.05, 0) is 49.1 Å². The molecular weight excluding hydrogens is 304 g/mol. The van der Waals surface area contributed by atoms with Crippen LogP contribution < -0.4 is 0 Å². The molecular formula is C19H26N2O3. The predicted molar refractivity (Wildman–Crippen MR) is 91.1 cm³/mol. The number of nitrogens with zero attached hydrogens (tertiary/aromatic N) is 2. The van der Waals surface area contributed by atoms with E-state index in [1.54, 1.807) is 18.2 Å². The lowest BCUT2D eigenvalue weighted by Crippen LogP contribution is -2.25. The smallest absolute Gasteiger partial charge is 0.247 e. The number of aliphatic hydroxyl groups excluding tert-OH is 1. The first-order valence-corrected chi connectivity index (χ1v) is 8.64. The van der Waals surface area contributed by atoms with E-state index in [9.17, 15) is 10.2 Å². The third-order valence-corrected chi connectivity index (χ3v) is 5.17. The van der Waals surface area contributed by atoms with Crippen molar-refractivity contribution in [3.05, 3.63) is 35.7 Å². The third-order valence-electron chi connectivity index (χ3n) is 5.17. The number of hydrogen-bond donors (Lipinski definition) is 2. The molecule has 130 valence electrons. The van der Waals surface area contributed by atoms with Gasteiger partial charge in [0.05, 0.1) is 0 Å². The van der Waals surface area contributed by atoms with Crippen LogP contribution in [0.2, 0.25) is 0 Å². The van der Waals surface area contributed by atoms with Gasteiger partial charge in [-0.1, -0.05) is 32.9 Å². The molecule has 0 aliphatic heterocycles. The summed E-state index contributed by atoms with van der Waals surface area (Å²) in [7, 11) is 0. The third kappa shape index (κ3) is 3.68. The Bertz CT molecular complexity index is 680. The van der Waals surface area contributed by atoms with E-state index in [1.807, 2.05) is 6.07 Å². The maximum atomic E-state index is 9.28. The van der Waals surface area contributed by atoms with Crippen molar-refractivity contribution in [1.82, 2.24) is 10.2 Å². The van der Waals surface area contributed by atoms with E-state index in [2.05, 4.69) is 31.0 Å². The molecule has 1 heterocycles. The molecule has 5 heteroatoms. The minimum atomic E-state index is -1.50. The highest BCUT2D eigenvalue weighted by Crippen LogP contribution is 2.43. The van der Waals surface area contributed by atoms with Gasteiger partial charge in [0.2, 0.25) is 11.8 Å². The van der Waals surface area contributed by atoms with Gasteiger partial charge in [-0.2, -0.15) is 0 Å². The Morgan fingerprint density at radius 1 is 1.08 bits per heavy atom. The first-order valence-electron chi connectivity index (χ1n) is 8.64. The van der Waals surface area contributed by atoms with Crippen LogP contribution in [0, 0.1) is 11.3 Å². The Morgan fingerprint density at radius 3 is 2.42 bits per heavy atom. The lowest BCUT2D eigenvalue weighted by molar-refractivity contribution is -0.0424. The van der Waals surface area contributed by atoms with Crippen molar-refractivity contribution in [3.63, 3.8) is 0 Å². The maximum absolute atomic E-state index is 9.28. The second kappa shape index (κ2) is 6.65. The predicted octanol–water partition coefficient (Wildman–Crippen LogP) is 4.04. The lowest BCUT2D eigenvalue weighted by Gasteiger charge is -2.36. The first-order chi connectivity index (χ1) is 11.3. The highest BCUT2D eigenvalue weighted by Gasteiger charge is 2.32. The van der Waals surface area contributed by atoms with Gasteiger partial charge in [-0.25, -0.2) is 0 Å². The van der Waals surface area contributed by atoms with Crippen LogP contribution in [-0.4, -0.2) is 20.4 Å². The van der Waals surface area contributed by atoms with Gasteiger partial charge >= 0.3 is 0 Å². The highest BCUT2D eigenvalue weighted by molar-refractivity contribution is 5.54. The SMILES string of the molecule is CC(C)(C)C1CCC(c2nnc(-c3cccc(C(O)O)c3)o2)CC1. The fourth-order valence-corrected chi connectivity index (χ4v) is 3.55. The van der Waals surface area contributed by atoms with Gasteiger partial charge in [0.25, 0.3) is 0 Å². The molecule has 0 spiro atoms. The highest BCUT2D eigenvalue weighted by atomic mass is 16.5. The van der Waals surface area contributed by atoms with E-state index < -0.39 is 6.29 Å². The summed E-state index contributed by atoms with van der Waals surface area (Å²) in [4.78, 5) is 0. The largest absolute Gasteiger partial charge is 0.420 e. The molecule has 0 atom stereocenters. The first kappa shape index (κ1) is 17.1. The van der Waals surface area contributed by atoms with Crippen molar-refractivity contribution in [2.24, 2.45) is 11.3 Å². The fourth-order valence-electron chi connectivity index (χ4n) is 3.55. The van der Waals surface area contributed by atoms with E-state index in [-0.39, 0.29) is 0 Å². The summed E-state index contributed by atoms with van der Waals surface area (Å²) in [5.41, 5.74) is 1.48. The molecule has 0 radical (unpaired) electrons. The van der Waals surface area contributed by atoms with Gasteiger partial charge in [-0.3, -0.25) is 0 Å². The number of benzene rings is 1. The Kier molecular flexibility index (Phi) is 4.74. The van der Waals surface area contributed by atoms with Crippen LogP contribution >= 0.6 is 0 Å². The summed E-state index contributed by atoms with van der Waals surface area (Å²) < 4.78 is 5.88. The summed E-state index contributed by atoms with van der Waals surface area (Å²) >= 11 is 0. The lowest BCUT2D eigenvalue weighted by atomic mass is 9.70. The molecule has 1 aromatic carbocycles. The molecule has 3 rings (SSSR count). The van der Waals surface area contributed by atoms with E-state index >= 15 is 0 Å². The van der Waals surface area contributed by atoms with E-state index in [0.717, 1.165) is 18.8 Å². The van der Waals surface area contributed by atoms with E-state index in [0.29, 0.717) is 34.2 Å². The van der Waals surface area contributed by atoms with Crippen LogP contribution in [0.15, 0.2) is 28.7 Å². The molecule has 2 aromatic rings. The maximum Gasteiger partial charge on any atom is 0.247 e. The minimum Gasteiger partial charge on any atom is -0.420 e. The van der Waals surface area contributed by atoms with Gasteiger partial charge < -0.3 is 14.6 Å². The minimum absolute atomic E-state index is 0.330. The average Bonchev–Trinajstić information content (AvgIpc) is 3.04. The quantitative estimate of drug-likeness (QED) is 0.830. The number of aromatic nitrogens is 2. The monoisotopic (exact) mass is 330 g/mol. The van der Waals surface area contributed by atoms with Gasteiger partial charge in [-0.15, -0.1) is 10.2 Å². The summed E-state index contributed by atoms with van der Waals surface area (Å²) in [6, 6.07) is 6.90. The molecule has 1 fully saturated rings. The fraction of sp³-hybridized carbons (Fsp3) is 0.579. The van der Waals surface area contributed by atoms with Crippen molar-refractivity contribution in [3.8, 4) is 11.5 Å². The summed E-state index contributed by atoms with van der Waals surface area (Å²) in [6.07, 6.45) is 3.05. The van der Waals surface area contributed by atoms with Crippen molar-refractivity contribution < 1.29 is 14.6 Å². The molecule has 1 aliphatic rings. The molecule has 0 bridgehead atoms. The zero-order valence-corrected chi connectivity index (χ0v) is 14.6. The average molecular weight is 330 g/mol. The molecule has 24 heavy (non-hydrogen) atoms. The van der Waals surface area contributed by atoms with Crippen molar-refractivity contribution in [2.75, 3.05) is 0 Å². The number of rotatable bonds is 3. The molecule has 2 N–H and O–H groups in total. The van der Waals surface area contributed by atoms with Crippen LogP contribution in [0.3, 0.4) is 0 Å². The van der Waals surface area contributed by atoms with Crippen LogP contribution in [0.1, 0.15) is 70.1 Å². The standard InChI is InChI=1S/C19H26N2O3/c1-19(2,3)15-9-7-12(8-10-15)16-20-21-17(24-16)13-5-4-6-14(11-13)18(22)23/h4-6,11-12,15,18,22-23H,7-10H2,1-3H3. The van der Waals surface area contributed by atoms with Gasteiger partial charge in [0.1, 0.15) is 0 Å². The summed E-state index contributed by atoms with van der Waals surface area (Å²) in [5.74, 6) is 2.22. The summed E-state index contributed by atoms with van der Waals surface area (Å²) in [6.45, 7) is 6.93. The molecule has 0 saturated heterocycles. The van der Waals surface area contributed by atoms with Crippen LogP contribution in [0.4, 0.5) is 0 Å². The number of aliphatic hydroxyl groups is 2. The number of hydrogen-bond acceptors (Lipinski definition) is 5. The molecule has 0 unspecified atom stereocenters. The van der Waals surface area contributed by atoms with E-state index in [1.165, 1.54) is 12.8 Å². The van der Waals surface area contributed by atoms with E-state index in [4.69, 9.17) is 4.42 Å². The zero-order chi connectivity index (χ0) is 17.3. The van der Waals surface area contributed by atoms with Gasteiger partial charge in [0.15, 0.2) is 6.29 Å². The Balaban J connectivity index is 1.72. The Hall–Kier alpha value is -1.72. The molecule has 1 saturated carbocycles. The molecule has 1 aromatic heterocycles. The van der Waals surface area contributed by atoms with Gasteiger partial charge in [0, 0.05) is 17.0 Å².